The van der Waals surface area contributed by atoms with Crippen LogP contribution >= 0.6 is 0 Å². The van der Waals surface area contributed by atoms with Crippen LogP contribution in [0.4, 0.5) is 19.0 Å². The molecule has 2 bridgehead atoms. The topological polar surface area (TPSA) is 59.4 Å². The van der Waals surface area contributed by atoms with Gasteiger partial charge in [-0.2, -0.15) is 18.3 Å². The number of nitrogens with one attached hydrogen (secondary N) is 1. The highest BCUT2D eigenvalue weighted by Crippen LogP contribution is 2.53. The van der Waals surface area contributed by atoms with E-state index >= 15 is 0 Å². The molecule has 1 amide bonds. The molecular formula is C25H31F3N4O2. The Hall–Kier alpha value is -2.71. The van der Waals surface area contributed by atoms with E-state index in [0.29, 0.717) is 17.9 Å². The summed E-state index contributed by atoms with van der Waals surface area (Å²) in [5.74, 6) is 0.461. The van der Waals surface area contributed by atoms with E-state index in [2.05, 4.69) is 31.2 Å². The summed E-state index contributed by atoms with van der Waals surface area (Å²) in [5.41, 5.74) is 1.03. The number of halogens is 3. The van der Waals surface area contributed by atoms with Gasteiger partial charge in [0, 0.05) is 19.0 Å². The molecular weight excluding hydrogens is 445 g/mol. The predicted molar refractivity (Wildman–Crippen MR) is 122 cm³/mol. The number of fused-ring (bicyclic) bond motifs is 3. The highest BCUT2D eigenvalue weighted by Gasteiger charge is 2.52. The SMILES string of the molecule is COc1cccc([C@H]2C[C@@H](C(F)(F)F)n3ncc(C(=O)N4C[C@@]5(C)C[C@H]4CC(C)(C)C5)c3N2)c1. The lowest BCUT2D eigenvalue weighted by atomic mass is 9.65. The monoisotopic (exact) mass is 476 g/mol. The Morgan fingerprint density at radius 3 is 2.71 bits per heavy atom. The molecule has 2 aliphatic heterocycles. The molecule has 3 aliphatic rings. The summed E-state index contributed by atoms with van der Waals surface area (Å²) in [7, 11) is 1.52. The second kappa shape index (κ2) is 7.65. The average Bonchev–Trinajstić information content (AvgIpc) is 3.28. The number of ether oxygens (including phenoxy) is 1. The fourth-order valence-corrected chi connectivity index (χ4v) is 6.65. The van der Waals surface area contributed by atoms with Crippen LogP contribution in [0.15, 0.2) is 30.5 Å². The third-order valence-electron chi connectivity index (χ3n) is 7.64. The molecule has 1 aliphatic carbocycles. The van der Waals surface area contributed by atoms with Crippen LogP contribution in [0.1, 0.15) is 74.5 Å². The summed E-state index contributed by atoms with van der Waals surface area (Å²) < 4.78 is 48.4. The molecule has 1 saturated carbocycles. The molecule has 1 aromatic heterocycles. The maximum Gasteiger partial charge on any atom is 0.410 e. The smallest absolute Gasteiger partial charge is 0.410 e. The van der Waals surface area contributed by atoms with Crippen LogP contribution < -0.4 is 10.1 Å². The van der Waals surface area contributed by atoms with Crippen LogP contribution in [0, 0.1) is 10.8 Å². The van der Waals surface area contributed by atoms with Crippen molar-refractivity contribution in [1.82, 2.24) is 14.7 Å². The number of amides is 1. The van der Waals surface area contributed by atoms with Gasteiger partial charge in [0.05, 0.1) is 19.3 Å². The number of hydrogen-bond acceptors (Lipinski definition) is 4. The third kappa shape index (κ3) is 3.92. The molecule has 6 nitrogen and oxygen atoms in total. The lowest BCUT2D eigenvalue weighted by Gasteiger charge is -2.39. The summed E-state index contributed by atoms with van der Waals surface area (Å²) in [4.78, 5) is 15.6. The van der Waals surface area contributed by atoms with E-state index in [-0.39, 0.29) is 40.6 Å². The van der Waals surface area contributed by atoms with E-state index < -0.39 is 18.3 Å². The molecule has 184 valence electrons. The van der Waals surface area contributed by atoms with Gasteiger partial charge >= 0.3 is 6.18 Å². The zero-order valence-corrected chi connectivity index (χ0v) is 19.9. The van der Waals surface area contributed by atoms with E-state index in [4.69, 9.17) is 4.74 Å². The van der Waals surface area contributed by atoms with E-state index in [1.54, 1.807) is 24.3 Å². The van der Waals surface area contributed by atoms with Gasteiger partial charge in [0.25, 0.3) is 5.91 Å². The first-order valence-electron chi connectivity index (χ1n) is 11.7. The summed E-state index contributed by atoms with van der Waals surface area (Å²) in [6.45, 7) is 7.27. The number of methoxy groups -OCH3 is 1. The number of carbonyl (C=O) groups excluding carboxylic acids is 1. The Bertz CT molecular complexity index is 1110. The Morgan fingerprint density at radius 1 is 1.24 bits per heavy atom. The van der Waals surface area contributed by atoms with Crippen molar-refractivity contribution in [3.63, 3.8) is 0 Å². The zero-order chi connectivity index (χ0) is 24.5. The van der Waals surface area contributed by atoms with Gasteiger partial charge in [-0.05, 0) is 47.8 Å². The summed E-state index contributed by atoms with van der Waals surface area (Å²) in [6.07, 6.45) is -0.578. The number of aromatic nitrogens is 2. The Labute approximate surface area is 197 Å². The van der Waals surface area contributed by atoms with Crippen LogP contribution in [-0.4, -0.2) is 46.5 Å². The van der Waals surface area contributed by atoms with Crippen LogP contribution in [0.3, 0.4) is 0 Å². The molecule has 0 unspecified atom stereocenters. The number of anilines is 1. The number of alkyl halides is 3. The van der Waals surface area contributed by atoms with Crippen molar-refractivity contribution in [3.8, 4) is 5.75 Å². The van der Waals surface area contributed by atoms with Crippen LogP contribution in [0.2, 0.25) is 0 Å². The van der Waals surface area contributed by atoms with E-state index in [1.807, 2.05) is 4.90 Å². The molecule has 1 aromatic carbocycles. The summed E-state index contributed by atoms with van der Waals surface area (Å²) >= 11 is 0. The van der Waals surface area contributed by atoms with Gasteiger partial charge in [0.1, 0.15) is 17.1 Å². The van der Waals surface area contributed by atoms with E-state index in [9.17, 15) is 18.0 Å². The highest BCUT2D eigenvalue weighted by molar-refractivity contribution is 5.99. The largest absolute Gasteiger partial charge is 0.497 e. The normalized spacial score (nSPS) is 30.0. The van der Waals surface area contributed by atoms with Gasteiger partial charge in [0.2, 0.25) is 0 Å². The molecule has 1 saturated heterocycles. The molecule has 1 N–H and O–H groups in total. The zero-order valence-electron chi connectivity index (χ0n) is 19.9. The van der Waals surface area contributed by atoms with Gasteiger partial charge in [-0.3, -0.25) is 4.79 Å². The molecule has 3 heterocycles. The fourth-order valence-electron chi connectivity index (χ4n) is 6.65. The minimum Gasteiger partial charge on any atom is -0.497 e. The second-order valence-corrected chi connectivity index (χ2v) is 11.3. The maximum atomic E-state index is 14.1. The lowest BCUT2D eigenvalue weighted by Crippen LogP contribution is -2.39. The first-order chi connectivity index (χ1) is 15.9. The molecule has 4 atom stereocenters. The number of likely N-dealkylation sites (tertiary alicyclic amines) is 1. The van der Waals surface area contributed by atoms with Gasteiger partial charge in [-0.15, -0.1) is 0 Å². The second-order valence-electron chi connectivity index (χ2n) is 11.3. The predicted octanol–water partition coefficient (Wildman–Crippen LogP) is 5.59. The van der Waals surface area contributed by atoms with E-state index in [0.717, 1.165) is 23.9 Å². The van der Waals surface area contributed by atoms with Gasteiger partial charge < -0.3 is 15.0 Å². The molecule has 9 heteroatoms. The Morgan fingerprint density at radius 2 is 2.00 bits per heavy atom. The lowest BCUT2D eigenvalue weighted by molar-refractivity contribution is -0.173. The van der Waals surface area contributed by atoms with Crippen molar-refractivity contribution in [1.29, 1.82) is 0 Å². The fraction of sp³-hybridized carbons (Fsp3) is 0.600. The quantitative estimate of drug-likeness (QED) is 0.627. The van der Waals surface area contributed by atoms with Gasteiger partial charge in [-0.25, -0.2) is 4.68 Å². The van der Waals surface area contributed by atoms with E-state index in [1.165, 1.54) is 13.3 Å². The van der Waals surface area contributed by atoms with Gasteiger partial charge in [-0.1, -0.05) is 32.9 Å². The van der Waals surface area contributed by atoms with Crippen molar-refractivity contribution in [2.24, 2.45) is 10.8 Å². The Kier molecular flexibility index (Phi) is 5.19. The molecule has 2 fully saturated rings. The molecule has 5 rings (SSSR count). The van der Waals surface area contributed by atoms with Crippen LogP contribution in [0.25, 0.3) is 0 Å². The molecule has 2 aromatic rings. The van der Waals surface area contributed by atoms with Crippen molar-refractivity contribution in [2.45, 2.75) is 70.8 Å². The van der Waals surface area contributed by atoms with Crippen molar-refractivity contribution < 1.29 is 22.7 Å². The first-order valence-corrected chi connectivity index (χ1v) is 11.7. The van der Waals surface area contributed by atoms with Crippen molar-refractivity contribution in [2.75, 3.05) is 19.0 Å². The number of nitrogens with zero attached hydrogens (tertiary/aromatic N) is 3. The van der Waals surface area contributed by atoms with Crippen LogP contribution in [0.5, 0.6) is 5.75 Å². The van der Waals surface area contributed by atoms with Crippen LogP contribution in [-0.2, 0) is 0 Å². The first kappa shape index (κ1) is 23.1. The standard InChI is InChI=1S/C25H31F3N4O2/c1-23(2)10-16-11-24(3,13-23)14-31(16)22(33)18-12-29-32-20(25(26,27)28)9-19(30-21(18)32)15-6-5-7-17(8-15)34-4/h5-8,12,16,19-20,30H,9-11,13-14H2,1-4H3/t16-,19-,20+,24+/m1/s1. The molecule has 34 heavy (non-hydrogen) atoms. The maximum absolute atomic E-state index is 14.1. The van der Waals surface area contributed by atoms with Crippen molar-refractivity contribution in [3.05, 3.63) is 41.6 Å². The molecule has 0 spiro atoms. The summed E-state index contributed by atoms with van der Waals surface area (Å²) in [5, 5.41) is 7.25. The number of carbonyl (C=O) groups is 1. The number of hydrogen-bond donors (Lipinski definition) is 1. The van der Waals surface area contributed by atoms with Crippen molar-refractivity contribution >= 4 is 11.7 Å². The third-order valence-corrected chi connectivity index (χ3v) is 7.64. The molecule has 0 radical (unpaired) electrons. The average molecular weight is 477 g/mol. The van der Waals surface area contributed by atoms with Gasteiger partial charge in [0.15, 0.2) is 6.04 Å². The number of rotatable bonds is 3. The minimum atomic E-state index is -4.50. The number of benzene rings is 1. The summed E-state index contributed by atoms with van der Waals surface area (Å²) in [6, 6.07) is 4.64. The Balaban J connectivity index is 1.50. The highest BCUT2D eigenvalue weighted by atomic mass is 19.4. The minimum absolute atomic E-state index is 0.0281.